The Bertz CT molecular complexity index is 552. The van der Waals surface area contributed by atoms with Gasteiger partial charge in [-0.25, -0.2) is 9.97 Å². The minimum Gasteiger partial charge on any atom is -0.329 e. The van der Waals surface area contributed by atoms with Crippen molar-refractivity contribution in [2.45, 2.75) is 19.5 Å². The average molecular weight is 235 g/mol. The predicted octanol–water partition coefficient (Wildman–Crippen LogP) is 1.54. The molecule has 1 fully saturated rings. The Morgan fingerprint density at radius 1 is 1.31 bits per heavy atom. The molecule has 0 unspecified atom stereocenters. The SMILES string of the molecule is S=c1nc[nH]c2ncn(CN3CCCC3)c12. The second-order valence-corrected chi connectivity index (χ2v) is 4.47. The molecule has 0 radical (unpaired) electrons. The molecule has 0 saturated carbocycles. The van der Waals surface area contributed by atoms with Gasteiger partial charge >= 0.3 is 0 Å². The van der Waals surface area contributed by atoms with Crippen LogP contribution in [0.1, 0.15) is 12.8 Å². The molecule has 0 spiro atoms. The summed E-state index contributed by atoms with van der Waals surface area (Å²) in [5.74, 6) is 0. The molecule has 5 nitrogen and oxygen atoms in total. The van der Waals surface area contributed by atoms with Crippen molar-refractivity contribution in [2.24, 2.45) is 0 Å². The van der Waals surface area contributed by atoms with Gasteiger partial charge in [0.15, 0.2) is 10.3 Å². The van der Waals surface area contributed by atoms with Crippen LogP contribution in [0.15, 0.2) is 12.7 Å². The maximum atomic E-state index is 5.23. The van der Waals surface area contributed by atoms with Crippen molar-refractivity contribution in [1.82, 2.24) is 24.4 Å². The maximum absolute atomic E-state index is 5.23. The number of aromatic nitrogens is 4. The second kappa shape index (κ2) is 3.95. The molecule has 2 aromatic rings. The van der Waals surface area contributed by atoms with Gasteiger partial charge in [-0.1, -0.05) is 12.2 Å². The fraction of sp³-hybridized carbons (Fsp3) is 0.500. The molecule has 3 rings (SSSR count). The van der Waals surface area contributed by atoms with E-state index in [1.165, 1.54) is 12.8 Å². The molecule has 0 aromatic carbocycles. The molecule has 0 amide bonds. The molecule has 2 aromatic heterocycles. The standard InChI is InChI=1S/C10H13N5S/c16-10-8-9(11-5-12-10)13-6-15(8)7-14-3-1-2-4-14/h5-6H,1-4,7H2,(H,11,12,16). The first-order chi connectivity index (χ1) is 7.84. The lowest BCUT2D eigenvalue weighted by Gasteiger charge is -2.15. The van der Waals surface area contributed by atoms with Crippen molar-refractivity contribution in [3.8, 4) is 0 Å². The highest BCUT2D eigenvalue weighted by atomic mass is 32.1. The van der Waals surface area contributed by atoms with Gasteiger partial charge in [0.05, 0.1) is 19.3 Å². The Labute approximate surface area is 98.1 Å². The van der Waals surface area contributed by atoms with Crippen LogP contribution in [-0.2, 0) is 6.67 Å². The Morgan fingerprint density at radius 3 is 2.94 bits per heavy atom. The molecule has 1 aliphatic heterocycles. The van der Waals surface area contributed by atoms with Crippen LogP contribution in [0.3, 0.4) is 0 Å². The summed E-state index contributed by atoms with van der Waals surface area (Å²) in [6, 6.07) is 0. The zero-order chi connectivity index (χ0) is 11.0. The van der Waals surface area contributed by atoms with E-state index in [0.29, 0.717) is 4.64 Å². The van der Waals surface area contributed by atoms with Crippen LogP contribution in [0.25, 0.3) is 11.2 Å². The molecule has 0 atom stereocenters. The summed E-state index contributed by atoms with van der Waals surface area (Å²) in [5, 5.41) is 0. The zero-order valence-electron chi connectivity index (χ0n) is 8.89. The number of imidazole rings is 1. The van der Waals surface area contributed by atoms with Crippen LogP contribution in [0.2, 0.25) is 0 Å². The van der Waals surface area contributed by atoms with E-state index in [1.54, 1.807) is 6.33 Å². The van der Waals surface area contributed by atoms with Gasteiger partial charge < -0.3 is 9.55 Å². The number of H-pyrrole nitrogens is 1. The molecular weight excluding hydrogens is 222 g/mol. The lowest BCUT2D eigenvalue weighted by molar-refractivity contribution is 0.274. The third-order valence-electron chi connectivity index (χ3n) is 2.97. The van der Waals surface area contributed by atoms with E-state index in [9.17, 15) is 0 Å². The van der Waals surface area contributed by atoms with Gasteiger partial charge in [-0.05, 0) is 25.9 Å². The number of aromatic amines is 1. The largest absolute Gasteiger partial charge is 0.329 e. The van der Waals surface area contributed by atoms with Crippen LogP contribution >= 0.6 is 12.2 Å². The molecule has 6 heteroatoms. The van der Waals surface area contributed by atoms with Gasteiger partial charge in [-0.15, -0.1) is 0 Å². The van der Waals surface area contributed by atoms with E-state index in [-0.39, 0.29) is 0 Å². The van der Waals surface area contributed by atoms with Gasteiger partial charge in [0, 0.05) is 0 Å². The number of nitrogens with one attached hydrogen (secondary N) is 1. The monoisotopic (exact) mass is 235 g/mol. The molecule has 1 N–H and O–H groups in total. The van der Waals surface area contributed by atoms with Crippen molar-refractivity contribution in [1.29, 1.82) is 0 Å². The van der Waals surface area contributed by atoms with Gasteiger partial charge in [0.1, 0.15) is 5.52 Å². The summed E-state index contributed by atoms with van der Waals surface area (Å²) >= 11 is 5.23. The average Bonchev–Trinajstić information content (AvgIpc) is 2.90. The van der Waals surface area contributed by atoms with E-state index in [1.807, 2.05) is 6.33 Å². The smallest absolute Gasteiger partial charge is 0.160 e. The molecule has 1 saturated heterocycles. The van der Waals surface area contributed by atoms with Gasteiger partial charge in [-0.3, -0.25) is 4.90 Å². The summed E-state index contributed by atoms with van der Waals surface area (Å²) in [6.45, 7) is 3.19. The van der Waals surface area contributed by atoms with Crippen molar-refractivity contribution < 1.29 is 0 Å². The fourth-order valence-electron chi connectivity index (χ4n) is 2.17. The van der Waals surface area contributed by atoms with Crippen molar-refractivity contribution in [2.75, 3.05) is 13.1 Å². The fourth-order valence-corrected chi connectivity index (χ4v) is 2.44. The molecule has 0 aliphatic carbocycles. The minimum atomic E-state index is 0.616. The van der Waals surface area contributed by atoms with Crippen LogP contribution in [0.4, 0.5) is 0 Å². The van der Waals surface area contributed by atoms with Gasteiger partial charge in [0.25, 0.3) is 0 Å². The molecule has 3 heterocycles. The van der Waals surface area contributed by atoms with E-state index in [0.717, 1.165) is 30.9 Å². The molecule has 84 valence electrons. The minimum absolute atomic E-state index is 0.616. The lowest BCUT2D eigenvalue weighted by Crippen LogP contribution is -2.22. The van der Waals surface area contributed by atoms with Crippen LogP contribution in [-0.4, -0.2) is 37.5 Å². The van der Waals surface area contributed by atoms with Crippen molar-refractivity contribution >= 4 is 23.4 Å². The number of nitrogens with zero attached hydrogens (tertiary/aromatic N) is 4. The third kappa shape index (κ3) is 1.64. The molecule has 0 bridgehead atoms. The molecular formula is C10H13N5S. The van der Waals surface area contributed by atoms with Crippen LogP contribution in [0, 0.1) is 4.64 Å². The Balaban J connectivity index is 2.00. The molecule has 16 heavy (non-hydrogen) atoms. The highest BCUT2D eigenvalue weighted by molar-refractivity contribution is 7.71. The topological polar surface area (TPSA) is 49.7 Å². The summed E-state index contributed by atoms with van der Waals surface area (Å²) in [7, 11) is 0. The van der Waals surface area contributed by atoms with Gasteiger partial charge in [-0.2, -0.15) is 0 Å². The van der Waals surface area contributed by atoms with Crippen LogP contribution in [0.5, 0.6) is 0 Å². The summed E-state index contributed by atoms with van der Waals surface area (Å²) in [6.07, 6.45) is 6.00. The first kappa shape index (κ1) is 9.92. The number of hydrogen-bond acceptors (Lipinski definition) is 4. The van der Waals surface area contributed by atoms with Crippen LogP contribution < -0.4 is 0 Å². The maximum Gasteiger partial charge on any atom is 0.160 e. The normalized spacial score (nSPS) is 17.2. The predicted molar refractivity (Wildman–Crippen MR) is 63.5 cm³/mol. The second-order valence-electron chi connectivity index (χ2n) is 4.09. The highest BCUT2D eigenvalue weighted by Gasteiger charge is 2.13. The number of likely N-dealkylation sites (tertiary alicyclic amines) is 1. The Morgan fingerprint density at radius 2 is 2.12 bits per heavy atom. The summed E-state index contributed by atoms with van der Waals surface area (Å²) < 4.78 is 2.69. The summed E-state index contributed by atoms with van der Waals surface area (Å²) in [4.78, 5) is 13.8. The van der Waals surface area contributed by atoms with Crippen molar-refractivity contribution in [3.05, 3.63) is 17.3 Å². The van der Waals surface area contributed by atoms with E-state index < -0.39 is 0 Å². The quantitative estimate of drug-likeness (QED) is 0.802. The van der Waals surface area contributed by atoms with Gasteiger partial charge in [0.2, 0.25) is 0 Å². The first-order valence-corrected chi connectivity index (χ1v) is 5.86. The first-order valence-electron chi connectivity index (χ1n) is 5.45. The van der Waals surface area contributed by atoms with E-state index in [4.69, 9.17) is 12.2 Å². The third-order valence-corrected chi connectivity index (χ3v) is 3.27. The highest BCUT2D eigenvalue weighted by Crippen LogP contribution is 2.14. The Hall–Kier alpha value is -1.27. The Kier molecular flexibility index (Phi) is 2.45. The lowest BCUT2D eigenvalue weighted by atomic mass is 10.4. The number of fused-ring (bicyclic) bond motifs is 1. The summed E-state index contributed by atoms with van der Waals surface area (Å²) in [5.41, 5.74) is 1.75. The van der Waals surface area contributed by atoms with Crippen molar-refractivity contribution in [3.63, 3.8) is 0 Å². The van der Waals surface area contributed by atoms with E-state index in [2.05, 4.69) is 24.4 Å². The molecule has 1 aliphatic rings. The zero-order valence-corrected chi connectivity index (χ0v) is 9.70. The number of rotatable bonds is 2. The number of hydrogen-bond donors (Lipinski definition) is 1. The van der Waals surface area contributed by atoms with E-state index >= 15 is 0 Å².